The number of aliphatic hydroxyl groups excluding tert-OH is 1. The third-order valence-corrected chi connectivity index (χ3v) is 6.72. The molecule has 2 aliphatic rings. The summed E-state index contributed by atoms with van der Waals surface area (Å²) in [6, 6.07) is 7.13. The number of rotatable bonds is 5. The van der Waals surface area contributed by atoms with E-state index < -0.39 is 10.0 Å². The Labute approximate surface area is 126 Å². The first kappa shape index (κ1) is 15.0. The maximum absolute atomic E-state index is 12.7. The van der Waals surface area contributed by atoms with Crippen molar-refractivity contribution in [3.05, 3.63) is 29.8 Å². The third-order valence-electron chi connectivity index (χ3n) is 4.88. The fourth-order valence-electron chi connectivity index (χ4n) is 3.65. The summed E-state index contributed by atoms with van der Waals surface area (Å²) in [5.74, 6) is 1.15. The van der Waals surface area contributed by atoms with Gasteiger partial charge in [0, 0.05) is 19.7 Å². The van der Waals surface area contributed by atoms with Gasteiger partial charge in [0.25, 0.3) is 0 Å². The Morgan fingerprint density at radius 1 is 1.10 bits per heavy atom. The number of benzene rings is 1. The Kier molecular flexibility index (Phi) is 4.33. The molecule has 5 heteroatoms. The Morgan fingerprint density at radius 2 is 1.71 bits per heavy atom. The van der Waals surface area contributed by atoms with E-state index >= 15 is 0 Å². The molecule has 2 atom stereocenters. The van der Waals surface area contributed by atoms with Crippen molar-refractivity contribution in [2.75, 3.05) is 19.7 Å². The molecule has 1 saturated carbocycles. The predicted molar refractivity (Wildman–Crippen MR) is 81.4 cm³/mol. The molecule has 0 radical (unpaired) electrons. The summed E-state index contributed by atoms with van der Waals surface area (Å²) < 4.78 is 27.0. The van der Waals surface area contributed by atoms with E-state index in [0.29, 0.717) is 36.2 Å². The van der Waals surface area contributed by atoms with E-state index in [1.54, 1.807) is 16.4 Å². The molecule has 1 aromatic rings. The van der Waals surface area contributed by atoms with Crippen LogP contribution in [-0.2, 0) is 16.4 Å². The molecule has 0 spiro atoms. The fraction of sp³-hybridized carbons (Fsp3) is 0.625. The largest absolute Gasteiger partial charge is 0.396 e. The number of sulfonamides is 1. The van der Waals surface area contributed by atoms with E-state index in [-0.39, 0.29) is 6.61 Å². The first-order chi connectivity index (χ1) is 10.1. The maximum Gasteiger partial charge on any atom is 0.243 e. The molecule has 1 heterocycles. The van der Waals surface area contributed by atoms with Crippen LogP contribution < -0.4 is 0 Å². The Morgan fingerprint density at radius 3 is 2.29 bits per heavy atom. The van der Waals surface area contributed by atoms with Gasteiger partial charge in [0.2, 0.25) is 10.0 Å². The molecule has 1 N–H and O–H groups in total. The molecular weight excluding hydrogens is 286 g/mol. The maximum atomic E-state index is 12.7. The van der Waals surface area contributed by atoms with Gasteiger partial charge in [-0.15, -0.1) is 0 Å². The third kappa shape index (κ3) is 3.00. The quantitative estimate of drug-likeness (QED) is 0.905. The average Bonchev–Trinajstić information content (AvgIpc) is 3.07. The van der Waals surface area contributed by atoms with Gasteiger partial charge >= 0.3 is 0 Å². The second-order valence-corrected chi connectivity index (χ2v) is 8.18. The van der Waals surface area contributed by atoms with Crippen molar-refractivity contribution < 1.29 is 13.5 Å². The molecule has 2 unspecified atom stereocenters. The molecule has 1 aromatic carbocycles. The van der Waals surface area contributed by atoms with E-state index in [9.17, 15) is 8.42 Å². The summed E-state index contributed by atoms with van der Waals surface area (Å²) in [5, 5.41) is 8.83. The van der Waals surface area contributed by atoms with Crippen molar-refractivity contribution in [1.82, 2.24) is 4.31 Å². The van der Waals surface area contributed by atoms with Crippen molar-refractivity contribution in [2.24, 2.45) is 11.8 Å². The Hall–Kier alpha value is -0.910. The molecule has 3 rings (SSSR count). The highest BCUT2D eigenvalue weighted by atomic mass is 32.2. The summed E-state index contributed by atoms with van der Waals surface area (Å²) in [4.78, 5) is 0.398. The molecular formula is C16H23NO3S. The zero-order valence-corrected chi connectivity index (χ0v) is 13.1. The van der Waals surface area contributed by atoms with Gasteiger partial charge in [-0.2, -0.15) is 4.31 Å². The van der Waals surface area contributed by atoms with Gasteiger partial charge in [0.1, 0.15) is 0 Å². The van der Waals surface area contributed by atoms with E-state index in [1.165, 1.54) is 19.3 Å². The van der Waals surface area contributed by atoms with Crippen LogP contribution in [0, 0.1) is 11.8 Å². The molecule has 0 amide bonds. The topological polar surface area (TPSA) is 57.6 Å². The summed E-state index contributed by atoms with van der Waals surface area (Å²) in [6.45, 7) is 1.55. The number of fused-ring (bicyclic) bond motifs is 1. The van der Waals surface area contributed by atoms with Gasteiger partial charge in [-0.25, -0.2) is 8.42 Å². The molecule has 0 bridgehead atoms. The first-order valence-corrected chi connectivity index (χ1v) is 9.25. The second-order valence-electron chi connectivity index (χ2n) is 6.24. The van der Waals surface area contributed by atoms with Crippen LogP contribution in [-0.4, -0.2) is 37.5 Å². The van der Waals surface area contributed by atoms with Gasteiger partial charge in [-0.1, -0.05) is 18.6 Å². The van der Waals surface area contributed by atoms with Crippen molar-refractivity contribution in [2.45, 2.75) is 37.0 Å². The average molecular weight is 309 g/mol. The van der Waals surface area contributed by atoms with E-state index in [0.717, 1.165) is 12.0 Å². The van der Waals surface area contributed by atoms with Crippen molar-refractivity contribution in [1.29, 1.82) is 0 Å². The Bertz CT molecular complexity index is 570. The fourth-order valence-corrected chi connectivity index (χ4v) is 5.20. The normalized spacial score (nSPS) is 26.1. The van der Waals surface area contributed by atoms with E-state index in [1.807, 2.05) is 12.1 Å². The first-order valence-electron chi connectivity index (χ1n) is 7.81. The monoisotopic (exact) mass is 309 g/mol. The molecule has 1 saturated heterocycles. The molecule has 2 fully saturated rings. The number of nitrogens with zero attached hydrogens (tertiary/aromatic N) is 1. The molecule has 0 aromatic heterocycles. The van der Waals surface area contributed by atoms with E-state index in [4.69, 9.17) is 5.11 Å². The summed E-state index contributed by atoms with van der Waals surface area (Å²) in [6.07, 6.45) is 5.10. The van der Waals surface area contributed by atoms with Gasteiger partial charge < -0.3 is 5.11 Å². The van der Waals surface area contributed by atoms with Crippen LogP contribution in [0.2, 0.25) is 0 Å². The summed E-state index contributed by atoms with van der Waals surface area (Å²) in [5.41, 5.74) is 1.07. The lowest BCUT2D eigenvalue weighted by Crippen LogP contribution is -2.29. The molecule has 4 nitrogen and oxygen atoms in total. The lowest BCUT2D eigenvalue weighted by atomic mass is 10.0. The zero-order valence-electron chi connectivity index (χ0n) is 12.2. The highest BCUT2D eigenvalue weighted by Crippen LogP contribution is 2.39. The molecule has 116 valence electrons. The predicted octanol–water partition coefficient (Wildman–Crippen LogP) is 2.03. The SMILES string of the molecule is O=S(=O)(c1ccc(CCCO)cc1)N1CC2CCCC2C1. The van der Waals surface area contributed by atoms with Crippen molar-refractivity contribution >= 4 is 10.0 Å². The highest BCUT2D eigenvalue weighted by molar-refractivity contribution is 7.89. The smallest absolute Gasteiger partial charge is 0.243 e. The van der Waals surface area contributed by atoms with Crippen molar-refractivity contribution in [3.8, 4) is 0 Å². The van der Waals surface area contributed by atoms with Gasteiger partial charge in [-0.3, -0.25) is 0 Å². The molecule has 21 heavy (non-hydrogen) atoms. The summed E-state index contributed by atoms with van der Waals surface area (Å²) in [7, 11) is -3.33. The minimum absolute atomic E-state index is 0.163. The standard InChI is InChI=1S/C16H23NO3S/c18-10-2-3-13-6-8-16(9-7-13)21(19,20)17-11-14-4-1-5-15(14)12-17/h6-9,14-15,18H,1-5,10-12H2. The van der Waals surface area contributed by atoms with Crippen LogP contribution in [0.25, 0.3) is 0 Å². The van der Waals surface area contributed by atoms with Gasteiger partial charge in [0.15, 0.2) is 0 Å². The highest BCUT2D eigenvalue weighted by Gasteiger charge is 2.41. The number of hydrogen-bond acceptors (Lipinski definition) is 3. The Balaban J connectivity index is 1.73. The van der Waals surface area contributed by atoms with Crippen LogP contribution in [0.15, 0.2) is 29.2 Å². The molecule has 1 aliphatic carbocycles. The number of hydrogen-bond donors (Lipinski definition) is 1. The molecule has 1 aliphatic heterocycles. The minimum atomic E-state index is -3.33. The van der Waals surface area contributed by atoms with Crippen LogP contribution in [0.5, 0.6) is 0 Å². The lowest BCUT2D eigenvalue weighted by molar-refractivity contribution is 0.288. The van der Waals surface area contributed by atoms with Crippen LogP contribution >= 0.6 is 0 Å². The lowest BCUT2D eigenvalue weighted by Gasteiger charge is -2.17. The van der Waals surface area contributed by atoms with Crippen LogP contribution in [0.4, 0.5) is 0 Å². The number of aryl methyl sites for hydroxylation is 1. The number of aliphatic hydroxyl groups is 1. The van der Waals surface area contributed by atoms with Crippen LogP contribution in [0.1, 0.15) is 31.2 Å². The van der Waals surface area contributed by atoms with Gasteiger partial charge in [0.05, 0.1) is 4.90 Å². The van der Waals surface area contributed by atoms with Crippen molar-refractivity contribution in [3.63, 3.8) is 0 Å². The van der Waals surface area contributed by atoms with Crippen LogP contribution in [0.3, 0.4) is 0 Å². The summed E-state index contributed by atoms with van der Waals surface area (Å²) >= 11 is 0. The van der Waals surface area contributed by atoms with E-state index in [2.05, 4.69) is 0 Å². The second kappa shape index (κ2) is 6.07. The minimum Gasteiger partial charge on any atom is -0.396 e. The van der Waals surface area contributed by atoms with Gasteiger partial charge in [-0.05, 0) is 55.2 Å². The zero-order chi connectivity index (χ0) is 14.9.